The lowest BCUT2D eigenvalue weighted by molar-refractivity contribution is -0.00219. The molecule has 2 fully saturated rings. The van der Waals surface area contributed by atoms with Crippen LogP contribution in [-0.4, -0.2) is 48.2 Å². The smallest absolute Gasteiger partial charge is 0.410 e. The minimum Gasteiger partial charge on any atom is -0.450 e. The van der Waals surface area contributed by atoms with Crippen LogP contribution in [0.1, 0.15) is 31.7 Å². The van der Waals surface area contributed by atoms with Gasteiger partial charge in [-0.1, -0.05) is 30.3 Å². The molecule has 1 atom stereocenters. The van der Waals surface area contributed by atoms with Crippen LogP contribution in [0.15, 0.2) is 30.3 Å². The zero-order valence-electron chi connectivity index (χ0n) is 13.4. The van der Waals surface area contributed by atoms with Crippen molar-refractivity contribution in [2.24, 2.45) is 5.92 Å². The van der Waals surface area contributed by atoms with E-state index in [0.717, 1.165) is 39.0 Å². The van der Waals surface area contributed by atoms with E-state index in [1.54, 1.807) is 0 Å². The predicted octanol–water partition coefficient (Wildman–Crippen LogP) is 3.13. The van der Waals surface area contributed by atoms with E-state index in [0.29, 0.717) is 18.6 Å². The molecule has 0 N–H and O–H groups in total. The molecule has 0 radical (unpaired) electrons. The highest BCUT2D eigenvalue weighted by Gasteiger charge is 2.39. The number of benzene rings is 1. The van der Waals surface area contributed by atoms with Crippen LogP contribution in [0.3, 0.4) is 0 Å². The lowest BCUT2D eigenvalue weighted by Gasteiger charge is -2.48. The molecule has 0 aliphatic carbocycles. The molecule has 0 bridgehead atoms. The number of hydrogen-bond acceptors (Lipinski definition) is 3. The highest BCUT2D eigenvalue weighted by Crippen LogP contribution is 2.31. The average Bonchev–Trinajstić information content (AvgIpc) is 2.52. The van der Waals surface area contributed by atoms with E-state index in [9.17, 15) is 4.79 Å². The first-order valence-corrected chi connectivity index (χ1v) is 8.47. The van der Waals surface area contributed by atoms with E-state index in [2.05, 4.69) is 35.2 Å². The summed E-state index contributed by atoms with van der Waals surface area (Å²) >= 11 is 0. The Kier molecular flexibility index (Phi) is 4.98. The van der Waals surface area contributed by atoms with E-state index in [-0.39, 0.29) is 6.09 Å². The average molecular weight is 302 g/mol. The largest absolute Gasteiger partial charge is 0.450 e. The predicted molar refractivity (Wildman–Crippen MR) is 86.6 cm³/mol. The summed E-state index contributed by atoms with van der Waals surface area (Å²) in [6, 6.07) is 11.0. The van der Waals surface area contributed by atoms with E-state index in [1.165, 1.54) is 12.0 Å². The van der Waals surface area contributed by atoms with Crippen molar-refractivity contribution in [3.63, 3.8) is 0 Å². The monoisotopic (exact) mass is 302 g/mol. The second kappa shape index (κ2) is 7.14. The first kappa shape index (κ1) is 15.3. The molecule has 0 spiro atoms. The van der Waals surface area contributed by atoms with Crippen LogP contribution in [0.4, 0.5) is 4.79 Å². The molecular weight excluding hydrogens is 276 g/mol. The number of amides is 1. The summed E-state index contributed by atoms with van der Waals surface area (Å²) in [5, 5.41) is 0. The second-order valence-corrected chi connectivity index (χ2v) is 6.40. The summed E-state index contributed by atoms with van der Waals surface area (Å²) < 4.78 is 5.23. The van der Waals surface area contributed by atoms with E-state index in [1.807, 2.05) is 11.8 Å². The van der Waals surface area contributed by atoms with Crippen LogP contribution >= 0.6 is 0 Å². The van der Waals surface area contributed by atoms with Crippen LogP contribution in [-0.2, 0) is 11.3 Å². The summed E-state index contributed by atoms with van der Waals surface area (Å²) in [5.74, 6) is 0.605. The quantitative estimate of drug-likeness (QED) is 0.856. The fourth-order valence-corrected chi connectivity index (χ4v) is 3.70. The first-order chi connectivity index (χ1) is 10.8. The van der Waals surface area contributed by atoms with Crippen molar-refractivity contribution in [1.29, 1.82) is 0 Å². The maximum absolute atomic E-state index is 12.1. The topological polar surface area (TPSA) is 32.8 Å². The zero-order chi connectivity index (χ0) is 15.4. The van der Waals surface area contributed by atoms with E-state index in [4.69, 9.17) is 4.74 Å². The summed E-state index contributed by atoms with van der Waals surface area (Å²) in [4.78, 5) is 16.6. The summed E-state index contributed by atoms with van der Waals surface area (Å²) in [6.07, 6.45) is 3.35. The molecule has 1 aromatic carbocycles. The third-order valence-electron chi connectivity index (χ3n) is 4.83. The molecule has 2 aliphatic heterocycles. The van der Waals surface area contributed by atoms with E-state index < -0.39 is 0 Å². The van der Waals surface area contributed by atoms with E-state index >= 15 is 0 Å². The van der Waals surface area contributed by atoms with Crippen LogP contribution in [0.25, 0.3) is 0 Å². The van der Waals surface area contributed by atoms with Gasteiger partial charge in [0.2, 0.25) is 0 Å². The van der Waals surface area contributed by atoms with Crippen LogP contribution in [0.5, 0.6) is 0 Å². The number of hydrogen-bond donors (Lipinski definition) is 0. The number of carbonyl (C=O) groups excluding carboxylic acids is 1. The van der Waals surface area contributed by atoms with Gasteiger partial charge in [0.25, 0.3) is 0 Å². The van der Waals surface area contributed by atoms with Gasteiger partial charge in [0.15, 0.2) is 0 Å². The number of likely N-dealkylation sites (tertiary alicyclic amines) is 2. The SMILES string of the molecule is CCOC(=O)N1CCCCC1C1CN(Cc2ccccc2)C1. The third kappa shape index (κ3) is 3.43. The minimum absolute atomic E-state index is 0.117. The van der Waals surface area contributed by atoms with Crippen molar-refractivity contribution in [2.45, 2.75) is 38.8 Å². The Morgan fingerprint density at radius 3 is 2.73 bits per heavy atom. The molecular formula is C18H26N2O2. The van der Waals surface area contributed by atoms with Gasteiger partial charge >= 0.3 is 6.09 Å². The van der Waals surface area contributed by atoms with Crippen molar-refractivity contribution in [3.05, 3.63) is 35.9 Å². The van der Waals surface area contributed by atoms with Crippen LogP contribution < -0.4 is 0 Å². The van der Waals surface area contributed by atoms with Gasteiger partial charge in [-0.25, -0.2) is 4.79 Å². The van der Waals surface area contributed by atoms with Gasteiger partial charge in [0.1, 0.15) is 0 Å². The minimum atomic E-state index is -0.117. The Bertz CT molecular complexity index is 485. The lowest BCUT2D eigenvalue weighted by Crippen LogP contribution is -2.58. The van der Waals surface area contributed by atoms with Crippen molar-refractivity contribution in [2.75, 3.05) is 26.2 Å². The number of ether oxygens (including phenoxy) is 1. The van der Waals surface area contributed by atoms with Gasteiger partial charge < -0.3 is 9.64 Å². The maximum Gasteiger partial charge on any atom is 0.410 e. The molecule has 2 saturated heterocycles. The normalized spacial score (nSPS) is 23.1. The molecule has 2 aliphatic rings. The van der Waals surface area contributed by atoms with Crippen molar-refractivity contribution >= 4 is 6.09 Å². The Balaban J connectivity index is 1.52. The number of rotatable bonds is 4. The first-order valence-electron chi connectivity index (χ1n) is 8.47. The van der Waals surface area contributed by atoms with Crippen molar-refractivity contribution < 1.29 is 9.53 Å². The molecule has 1 aromatic rings. The van der Waals surface area contributed by atoms with Gasteiger partial charge in [-0.05, 0) is 31.7 Å². The molecule has 4 heteroatoms. The molecule has 4 nitrogen and oxygen atoms in total. The maximum atomic E-state index is 12.1. The fraction of sp³-hybridized carbons (Fsp3) is 0.611. The molecule has 3 rings (SSSR count). The van der Waals surface area contributed by atoms with Gasteiger partial charge in [-0.2, -0.15) is 0 Å². The summed E-state index contributed by atoms with van der Waals surface area (Å²) in [6.45, 7) is 6.40. The summed E-state index contributed by atoms with van der Waals surface area (Å²) in [7, 11) is 0. The Labute approximate surface area is 133 Å². The molecule has 22 heavy (non-hydrogen) atoms. The standard InChI is InChI=1S/C18H26N2O2/c1-2-22-18(21)20-11-7-6-10-17(20)16-13-19(14-16)12-15-8-4-3-5-9-15/h3-5,8-9,16-17H,2,6-7,10-14H2,1H3. The van der Waals surface area contributed by atoms with Gasteiger partial charge in [0.05, 0.1) is 6.61 Å². The molecule has 120 valence electrons. The molecule has 0 saturated carbocycles. The highest BCUT2D eigenvalue weighted by molar-refractivity contribution is 5.68. The van der Waals surface area contributed by atoms with Gasteiger partial charge in [-0.15, -0.1) is 0 Å². The lowest BCUT2D eigenvalue weighted by atomic mass is 9.85. The molecule has 1 unspecified atom stereocenters. The second-order valence-electron chi connectivity index (χ2n) is 6.40. The molecule has 2 heterocycles. The summed E-state index contributed by atoms with van der Waals surface area (Å²) in [5.41, 5.74) is 1.37. The Hall–Kier alpha value is -1.55. The van der Waals surface area contributed by atoms with Crippen LogP contribution in [0, 0.1) is 5.92 Å². The number of nitrogens with zero attached hydrogens (tertiary/aromatic N) is 2. The third-order valence-corrected chi connectivity index (χ3v) is 4.83. The Morgan fingerprint density at radius 2 is 2.00 bits per heavy atom. The Morgan fingerprint density at radius 1 is 1.23 bits per heavy atom. The van der Waals surface area contributed by atoms with Crippen molar-refractivity contribution in [1.82, 2.24) is 9.80 Å². The number of piperidine rings is 1. The van der Waals surface area contributed by atoms with Gasteiger partial charge in [0, 0.05) is 38.1 Å². The molecule has 0 aromatic heterocycles. The molecule has 1 amide bonds. The van der Waals surface area contributed by atoms with Crippen molar-refractivity contribution in [3.8, 4) is 0 Å². The van der Waals surface area contributed by atoms with Crippen LogP contribution in [0.2, 0.25) is 0 Å². The number of carbonyl (C=O) groups is 1. The van der Waals surface area contributed by atoms with Gasteiger partial charge in [-0.3, -0.25) is 4.90 Å². The zero-order valence-corrected chi connectivity index (χ0v) is 13.4. The highest BCUT2D eigenvalue weighted by atomic mass is 16.6. The fourth-order valence-electron chi connectivity index (χ4n) is 3.70.